The first-order valence-corrected chi connectivity index (χ1v) is 9.25. The molecule has 1 aliphatic heterocycles. The Morgan fingerprint density at radius 3 is 2.54 bits per heavy atom. The monoisotopic (exact) mass is 388 g/mol. The Balaban J connectivity index is 2.72. The van der Waals surface area contributed by atoms with Crippen LogP contribution in [0.3, 0.4) is 0 Å². The molecular weight excluding hydrogens is 365 g/mol. The third-order valence-electron chi connectivity index (χ3n) is 4.48. The highest BCUT2D eigenvalue weighted by molar-refractivity contribution is 6.43. The Morgan fingerprint density at radius 1 is 1.27 bits per heavy atom. The molecule has 0 fully saturated rings. The van der Waals surface area contributed by atoms with Gasteiger partial charge in [-0.25, -0.2) is 0 Å². The van der Waals surface area contributed by atoms with Gasteiger partial charge in [0.1, 0.15) is 5.71 Å². The zero-order chi connectivity index (χ0) is 19.5. The summed E-state index contributed by atoms with van der Waals surface area (Å²) in [5, 5.41) is 2.78. The highest BCUT2D eigenvalue weighted by atomic mass is 35.5. The number of unbranched alkanes of at least 4 members (excludes halogenated alkanes) is 2. The highest BCUT2D eigenvalue weighted by Crippen LogP contribution is 2.50. The number of nitrogens with one attached hydrogen (secondary N) is 1. The molecule has 1 heterocycles. The van der Waals surface area contributed by atoms with Crippen LogP contribution < -0.4 is 5.32 Å². The van der Waals surface area contributed by atoms with Crippen molar-refractivity contribution in [2.45, 2.75) is 64.6 Å². The minimum Gasteiger partial charge on any atom is -0.321 e. The molecule has 26 heavy (non-hydrogen) atoms. The summed E-state index contributed by atoms with van der Waals surface area (Å²) in [5.74, 6) is -0.574. The van der Waals surface area contributed by atoms with Crippen molar-refractivity contribution in [1.82, 2.24) is 0 Å². The van der Waals surface area contributed by atoms with Crippen LogP contribution in [0.2, 0.25) is 5.02 Å². The van der Waals surface area contributed by atoms with Gasteiger partial charge in [0.2, 0.25) is 0 Å². The predicted octanol–water partition coefficient (Wildman–Crippen LogP) is 6.12. The third kappa shape index (κ3) is 4.22. The van der Waals surface area contributed by atoms with Crippen LogP contribution in [0.4, 0.5) is 18.9 Å². The summed E-state index contributed by atoms with van der Waals surface area (Å²) in [6.07, 6.45) is -2.88. The third-order valence-corrected chi connectivity index (χ3v) is 4.71. The minimum absolute atomic E-state index is 0.00544. The molecule has 0 spiro atoms. The average molecular weight is 389 g/mol. The van der Waals surface area contributed by atoms with Crippen LogP contribution in [0.1, 0.15) is 58.4 Å². The minimum atomic E-state index is -4.64. The molecule has 0 saturated carbocycles. The molecule has 1 unspecified atom stereocenters. The van der Waals surface area contributed by atoms with Gasteiger partial charge in [0.15, 0.2) is 5.54 Å². The van der Waals surface area contributed by atoms with E-state index in [0.717, 1.165) is 6.42 Å². The summed E-state index contributed by atoms with van der Waals surface area (Å²) < 4.78 is 43.1. The van der Waals surface area contributed by atoms with Crippen molar-refractivity contribution < 1.29 is 18.0 Å². The van der Waals surface area contributed by atoms with Gasteiger partial charge in [-0.1, -0.05) is 51.6 Å². The number of fused-ring (bicyclic) bond motifs is 1. The molecule has 144 valence electrons. The number of hydrogen-bond acceptors (Lipinski definition) is 2. The van der Waals surface area contributed by atoms with Crippen LogP contribution in [0.25, 0.3) is 0 Å². The Labute approximate surface area is 157 Å². The molecule has 2 rings (SSSR count). The van der Waals surface area contributed by atoms with E-state index in [2.05, 4.69) is 10.3 Å². The van der Waals surface area contributed by atoms with E-state index >= 15 is 0 Å². The lowest BCUT2D eigenvalue weighted by atomic mass is 9.83. The Hall–Kier alpha value is -1.56. The lowest BCUT2D eigenvalue weighted by Crippen LogP contribution is -2.41. The first-order valence-electron chi connectivity index (χ1n) is 8.87. The van der Waals surface area contributed by atoms with Crippen molar-refractivity contribution in [2.75, 3.05) is 5.32 Å². The molecule has 1 aromatic carbocycles. The largest absolute Gasteiger partial charge is 0.417 e. The summed E-state index contributed by atoms with van der Waals surface area (Å²) in [4.78, 5) is 16.6. The standard InChI is InChI=1S/C19H24ClF3N2O/c1-4-5-6-9-18(19(21,22)23)14-11-13(20)7-8-15(14)24-17(26)16(25-18)10-12(2)3/h7-8,11-12H,4-6,9-10H2,1-3H3,(H,24,26). The number of halogens is 4. The van der Waals surface area contributed by atoms with Crippen molar-refractivity contribution in [3.63, 3.8) is 0 Å². The Morgan fingerprint density at radius 2 is 1.96 bits per heavy atom. The van der Waals surface area contributed by atoms with Crippen LogP contribution in [-0.2, 0) is 10.3 Å². The lowest BCUT2D eigenvalue weighted by Gasteiger charge is -2.33. The zero-order valence-corrected chi connectivity index (χ0v) is 16.0. The van der Waals surface area contributed by atoms with E-state index in [-0.39, 0.29) is 40.7 Å². The zero-order valence-electron chi connectivity index (χ0n) is 15.2. The highest BCUT2D eigenvalue weighted by Gasteiger charge is 2.58. The fourth-order valence-electron chi connectivity index (χ4n) is 3.21. The fourth-order valence-corrected chi connectivity index (χ4v) is 3.38. The van der Waals surface area contributed by atoms with E-state index in [4.69, 9.17) is 11.6 Å². The van der Waals surface area contributed by atoms with Gasteiger partial charge in [0.25, 0.3) is 5.91 Å². The number of carbonyl (C=O) groups is 1. The number of rotatable bonds is 6. The van der Waals surface area contributed by atoms with Crippen molar-refractivity contribution in [2.24, 2.45) is 10.9 Å². The second-order valence-electron chi connectivity index (χ2n) is 7.12. The Bertz CT molecular complexity index is 701. The van der Waals surface area contributed by atoms with Gasteiger partial charge >= 0.3 is 6.18 Å². The molecule has 0 radical (unpaired) electrons. The smallest absolute Gasteiger partial charge is 0.321 e. The number of amides is 1. The van der Waals surface area contributed by atoms with E-state index in [0.29, 0.717) is 12.8 Å². The van der Waals surface area contributed by atoms with Crippen LogP contribution >= 0.6 is 11.6 Å². The van der Waals surface area contributed by atoms with Gasteiger partial charge in [0.05, 0.1) is 0 Å². The first kappa shape index (κ1) is 20.7. The van der Waals surface area contributed by atoms with E-state index in [1.54, 1.807) is 0 Å². The van der Waals surface area contributed by atoms with E-state index in [1.807, 2.05) is 20.8 Å². The van der Waals surface area contributed by atoms with Gasteiger partial charge in [0, 0.05) is 16.3 Å². The van der Waals surface area contributed by atoms with Crippen LogP contribution in [-0.4, -0.2) is 17.8 Å². The number of nitrogens with zero attached hydrogens (tertiary/aromatic N) is 1. The summed E-state index contributed by atoms with van der Waals surface area (Å²) in [5.41, 5.74) is -2.50. The van der Waals surface area contributed by atoms with Crippen molar-refractivity contribution in [3.8, 4) is 0 Å². The summed E-state index contributed by atoms with van der Waals surface area (Å²) in [7, 11) is 0. The molecular formula is C19H24ClF3N2O. The number of benzene rings is 1. The fraction of sp³-hybridized carbons (Fsp3) is 0.579. The van der Waals surface area contributed by atoms with E-state index in [9.17, 15) is 18.0 Å². The molecule has 1 aromatic rings. The van der Waals surface area contributed by atoms with Gasteiger partial charge in [-0.2, -0.15) is 13.2 Å². The van der Waals surface area contributed by atoms with Gasteiger partial charge in [-0.15, -0.1) is 0 Å². The van der Waals surface area contributed by atoms with Gasteiger partial charge in [-0.3, -0.25) is 9.79 Å². The second kappa shape index (κ2) is 7.99. The number of alkyl halides is 3. The van der Waals surface area contributed by atoms with Crippen molar-refractivity contribution in [3.05, 3.63) is 28.8 Å². The quantitative estimate of drug-likeness (QED) is 0.586. The maximum absolute atomic E-state index is 14.4. The maximum Gasteiger partial charge on any atom is 0.417 e. The van der Waals surface area contributed by atoms with E-state index < -0.39 is 17.6 Å². The molecule has 3 nitrogen and oxygen atoms in total. The molecule has 0 aliphatic carbocycles. The number of carbonyl (C=O) groups excluding carboxylic acids is 1. The topological polar surface area (TPSA) is 41.5 Å². The van der Waals surface area contributed by atoms with Crippen LogP contribution in [0, 0.1) is 5.92 Å². The SMILES string of the molecule is CCCCCC1(C(F)(F)F)N=C(CC(C)C)C(=O)Nc2ccc(Cl)cc21. The van der Waals surface area contributed by atoms with Crippen molar-refractivity contribution in [1.29, 1.82) is 0 Å². The molecule has 0 aromatic heterocycles. The normalized spacial score (nSPS) is 20.5. The summed E-state index contributed by atoms with van der Waals surface area (Å²) >= 11 is 6.00. The molecule has 1 N–H and O–H groups in total. The molecule has 0 saturated heterocycles. The van der Waals surface area contributed by atoms with Crippen LogP contribution in [0.5, 0.6) is 0 Å². The predicted molar refractivity (Wildman–Crippen MR) is 98.8 cm³/mol. The van der Waals surface area contributed by atoms with Gasteiger partial charge < -0.3 is 5.32 Å². The summed E-state index contributed by atoms with van der Waals surface area (Å²) in [6, 6.07) is 4.17. The first-order chi connectivity index (χ1) is 12.1. The number of hydrogen-bond donors (Lipinski definition) is 1. The van der Waals surface area contributed by atoms with Crippen molar-refractivity contribution >= 4 is 28.9 Å². The Kier molecular flexibility index (Phi) is 6.37. The average Bonchev–Trinajstić information content (AvgIpc) is 2.63. The molecule has 1 aliphatic rings. The van der Waals surface area contributed by atoms with E-state index in [1.165, 1.54) is 18.2 Å². The molecule has 1 amide bonds. The summed E-state index contributed by atoms with van der Waals surface area (Å²) in [6.45, 7) is 5.62. The number of aliphatic imine (C=N–C) groups is 1. The molecule has 0 bridgehead atoms. The van der Waals surface area contributed by atoms with Crippen LogP contribution in [0.15, 0.2) is 23.2 Å². The second-order valence-corrected chi connectivity index (χ2v) is 7.55. The number of anilines is 1. The lowest BCUT2D eigenvalue weighted by molar-refractivity contribution is -0.190. The van der Waals surface area contributed by atoms with Gasteiger partial charge in [-0.05, 0) is 37.0 Å². The molecule has 1 atom stereocenters. The molecule has 7 heteroatoms. The maximum atomic E-state index is 14.4.